The van der Waals surface area contributed by atoms with E-state index in [4.69, 9.17) is 11.6 Å². The molecule has 0 radical (unpaired) electrons. The maximum Gasteiger partial charge on any atom is 0.217 e. The van der Waals surface area contributed by atoms with E-state index in [1.54, 1.807) is 13.8 Å². The second kappa shape index (κ2) is 3.72. The minimum atomic E-state index is -0.840. The van der Waals surface area contributed by atoms with Crippen molar-refractivity contribution in [3.8, 4) is 0 Å². The van der Waals surface area contributed by atoms with Crippen molar-refractivity contribution >= 4 is 23.3 Å². The minimum Gasteiger partial charge on any atom is -0.344 e. The normalized spacial score (nSPS) is 10.9. The fraction of sp³-hybridized carbons (Fsp3) is 0.714. The highest BCUT2D eigenvalue weighted by atomic mass is 35.5. The van der Waals surface area contributed by atoms with Gasteiger partial charge in [0.1, 0.15) is 0 Å². The smallest absolute Gasteiger partial charge is 0.217 e. The maximum atomic E-state index is 11.0. The first-order valence-electron chi connectivity index (χ1n) is 3.28. The van der Waals surface area contributed by atoms with E-state index < -0.39 is 5.54 Å². The highest BCUT2D eigenvalue weighted by molar-refractivity contribution is 6.29. The Balaban J connectivity index is 4.21. The number of nitrogens with one attached hydrogen (secondary N) is 1. The van der Waals surface area contributed by atoms with Crippen molar-refractivity contribution in [3.63, 3.8) is 0 Å². The molecule has 4 heteroatoms. The summed E-state index contributed by atoms with van der Waals surface area (Å²) < 4.78 is 0. The van der Waals surface area contributed by atoms with Gasteiger partial charge in [0.2, 0.25) is 5.91 Å². The van der Waals surface area contributed by atoms with Crippen molar-refractivity contribution < 1.29 is 9.59 Å². The topological polar surface area (TPSA) is 46.2 Å². The molecule has 0 aromatic carbocycles. The van der Waals surface area contributed by atoms with E-state index in [2.05, 4.69) is 5.32 Å². The Labute approximate surface area is 71.1 Å². The second-order valence-corrected chi connectivity index (χ2v) is 3.13. The zero-order valence-electron chi connectivity index (χ0n) is 6.90. The van der Waals surface area contributed by atoms with Gasteiger partial charge >= 0.3 is 0 Å². The van der Waals surface area contributed by atoms with Gasteiger partial charge in [-0.2, -0.15) is 0 Å². The number of amides is 1. The Hall–Kier alpha value is -0.570. The number of hydrogen-bond donors (Lipinski definition) is 1. The van der Waals surface area contributed by atoms with Crippen LogP contribution in [0.3, 0.4) is 0 Å². The fourth-order valence-corrected chi connectivity index (χ4v) is 1.01. The molecule has 0 unspecified atom stereocenters. The highest BCUT2D eigenvalue weighted by Gasteiger charge is 2.26. The Morgan fingerprint density at radius 2 is 1.91 bits per heavy atom. The quantitative estimate of drug-likeness (QED) is 0.646. The summed E-state index contributed by atoms with van der Waals surface area (Å²) in [7, 11) is 0. The van der Waals surface area contributed by atoms with Crippen molar-refractivity contribution in [2.75, 3.05) is 5.88 Å². The SMILES string of the molecule is CC(=O)NC(C)(C)C(=O)CCl. The Morgan fingerprint density at radius 1 is 1.45 bits per heavy atom. The summed E-state index contributed by atoms with van der Waals surface area (Å²) in [6.07, 6.45) is 0. The Kier molecular flexibility index (Phi) is 3.52. The van der Waals surface area contributed by atoms with Crippen LogP contribution in [0.1, 0.15) is 20.8 Å². The van der Waals surface area contributed by atoms with Gasteiger partial charge in [-0.15, -0.1) is 11.6 Å². The average Bonchev–Trinajstić information content (AvgIpc) is 1.83. The number of halogens is 1. The molecule has 0 saturated carbocycles. The van der Waals surface area contributed by atoms with Crippen LogP contribution in [-0.2, 0) is 9.59 Å². The van der Waals surface area contributed by atoms with Crippen molar-refractivity contribution in [2.45, 2.75) is 26.3 Å². The Bertz CT molecular complexity index is 177. The maximum absolute atomic E-state index is 11.0. The third kappa shape index (κ3) is 3.37. The molecule has 1 amide bonds. The number of Topliss-reactive ketones (excluding diaryl/α,β-unsaturated/α-hetero) is 1. The van der Waals surface area contributed by atoms with Crippen LogP contribution < -0.4 is 5.32 Å². The number of hydrogen-bond acceptors (Lipinski definition) is 2. The summed E-state index contributed by atoms with van der Waals surface area (Å²) in [5.41, 5.74) is -0.840. The summed E-state index contributed by atoms with van der Waals surface area (Å²) in [6.45, 7) is 4.61. The number of ketones is 1. The summed E-state index contributed by atoms with van der Waals surface area (Å²) >= 11 is 5.32. The molecule has 0 rings (SSSR count). The van der Waals surface area contributed by atoms with E-state index in [1.165, 1.54) is 6.92 Å². The van der Waals surface area contributed by atoms with E-state index in [0.717, 1.165) is 0 Å². The van der Waals surface area contributed by atoms with Crippen molar-refractivity contribution in [1.29, 1.82) is 0 Å². The molecule has 0 heterocycles. The van der Waals surface area contributed by atoms with Gasteiger partial charge in [-0.05, 0) is 13.8 Å². The molecule has 0 fully saturated rings. The van der Waals surface area contributed by atoms with Crippen LogP contribution in [-0.4, -0.2) is 23.1 Å². The molecule has 0 aliphatic rings. The zero-order chi connectivity index (χ0) is 9.07. The molecule has 0 aliphatic heterocycles. The van der Waals surface area contributed by atoms with Crippen molar-refractivity contribution in [1.82, 2.24) is 5.32 Å². The minimum absolute atomic E-state index is 0.0761. The lowest BCUT2D eigenvalue weighted by Crippen LogP contribution is -2.49. The van der Waals surface area contributed by atoms with Gasteiger partial charge in [0.15, 0.2) is 5.78 Å². The highest BCUT2D eigenvalue weighted by Crippen LogP contribution is 2.04. The fourth-order valence-electron chi connectivity index (χ4n) is 0.677. The first kappa shape index (κ1) is 10.4. The summed E-state index contributed by atoms with van der Waals surface area (Å²) in [5, 5.41) is 2.50. The number of rotatable bonds is 3. The molecule has 3 nitrogen and oxygen atoms in total. The summed E-state index contributed by atoms with van der Waals surface area (Å²) in [4.78, 5) is 21.6. The van der Waals surface area contributed by atoms with Gasteiger partial charge in [-0.1, -0.05) is 0 Å². The van der Waals surface area contributed by atoms with E-state index in [1.807, 2.05) is 0 Å². The van der Waals surface area contributed by atoms with Crippen LogP contribution in [0.5, 0.6) is 0 Å². The summed E-state index contributed by atoms with van der Waals surface area (Å²) in [6, 6.07) is 0. The average molecular weight is 178 g/mol. The van der Waals surface area contributed by atoms with Crippen LogP contribution in [0.2, 0.25) is 0 Å². The lowest BCUT2D eigenvalue weighted by molar-refractivity contribution is -0.128. The lowest BCUT2D eigenvalue weighted by Gasteiger charge is -2.22. The molecule has 0 aliphatic carbocycles. The van der Waals surface area contributed by atoms with E-state index in [9.17, 15) is 9.59 Å². The number of carbonyl (C=O) groups is 2. The number of alkyl halides is 1. The van der Waals surface area contributed by atoms with Crippen molar-refractivity contribution in [2.24, 2.45) is 0 Å². The third-order valence-electron chi connectivity index (χ3n) is 1.31. The van der Waals surface area contributed by atoms with Gasteiger partial charge in [0.25, 0.3) is 0 Å². The molecule has 64 valence electrons. The zero-order valence-corrected chi connectivity index (χ0v) is 7.66. The van der Waals surface area contributed by atoms with E-state index in [-0.39, 0.29) is 17.6 Å². The molecule has 11 heavy (non-hydrogen) atoms. The predicted molar refractivity (Wildman–Crippen MR) is 43.6 cm³/mol. The van der Waals surface area contributed by atoms with E-state index in [0.29, 0.717) is 0 Å². The van der Waals surface area contributed by atoms with Crippen molar-refractivity contribution in [3.05, 3.63) is 0 Å². The van der Waals surface area contributed by atoms with Gasteiger partial charge in [-0.3, -0.25) is 9.59 Å². The lowest BCUT2D eigenvalue weighted by atomic mass is 10.0. The molecule has 0 spiro atoms. The summed E-state index contributed by atoms with van der Waals surface area (Å²) in [5.74, 6) is -0.490. The monoisotopic (exact) mass is 177 g/mol. The first-order valence-corrected chi connectivity index (χ1v) is 3.81. The Morgan fingerprint density at radius 3 is 2.18 bits per heavy atom. The van der Waals surface area contributed by atoms with Gasteiger partial charge in [0, 0.05) is 6.92 Å². The molecule has 0 bridgehead atoms. The van der Waals surface area contributed by atoms with Gasteiger partial charge in [-0.25, -0.2) is 0 Å². The molecule has 1 N–H and O–H groups in total. The van der Waals surface area contributed by atoms with Gasteiger partial charge in [0.05, 0.1) is 11.4 Å². The van der Waals surface area contributed by atoms with Crippen LogP contribution in [0.4, 0.5) is 0 Å². The third-order valence-corrected chi connectivity index (χ3v) is 1.55. The van der Waals surface area contributed by atoms with E-state index >= 15 is 0 Å². The molecule has 0 saturated heterocycles. The molecule has 0 aromatic heterocycles. The van der Waals surface area contributed by atoms with Gasteiger partial charge < -0.3 is 5.32 Å². The second-order valence-electron chi connectivity index (χ2n) is 2.86. The van der Waals surface area contributed by atoms with Crippen LogP contribution in [0, 0.1) is 0 Å². The largest absolute Gasteiger partial charge is 0.344 e. The predicted octanol–water partition coefficient (Wildman–Crippen LogP) is 0.709. The molecule has 0 atom stereocenters. The van der Waals surface area contributed by atoms with Crippen LogP contribution in [0.25, 0.3) is 0 Å². The standard InChI is InChI=1S/C7H12ClNO2/c1-5(10)9-7(2,3)6(11)4-8/h4H2,1-3H3,(H,9,10). The van der Waals surface area contributed by atoms with Crippen LogP contribution in [0.15, 0.2) is 0 Å². The molecular weight excluding hydrogens is 166 g/mol. The first-order chi connectivity index (χ1) is 4.90. The number of carbonyl (C=O) groups excluding carboxylic acids is 2. The molecule has 0 aromatic rings. The van der Waals surface area contributed by atoms with Crippen LogP contribution >= 0.6 is 11.6 Å². The molecular formula is C7H12ClNO2.